The molecule has 3 atom stereocenters. The van der Waals surface area contributed by atoms with Crippen molar-refractivity contribution in [3.05, 3.63) is 23.8 Å². The first-order valence-electron chi connectivity index (χ1n) is 6.69. The number of nitrogens with two attached hydrogens (primary N) is 1. The van der Waals surface area contributed by atoms with Crippen LogP contribution in [0, 0.1) is 18.8 Å². The van der Waals surface area contributed by atoms with Crippen LogP contribution >= 0.6 is 0 Å². The Bertz CT molecular complexity index is 387. The average molecular weight is 232 g/mol. The lowest BCUT2D eigenvalue weighted by Gasteiger charge is -2.34. The second-order valence-electron chi connectivity index (χ2n) is 5.72. The molecule has 3 unspecified atom stereocenters. The number of hydrogen-bond acceptors (Lipinski definition) is 2. The minimum Gasteiger partial charge on any atom is -0.399 e. The van der Waals surface area contributed by atoms with E-state index in [0.29, 0.717) is 6.04 Å². The lowest BCUT2D eigenvalue weighted by Crippen LogP contribution is -2.33. The van der Waals surface area contributed by atoms with E-state index in [1.807, 2.05) is 12.1 Å². The highest BCUT2D eigenvalue weighted by Crippen LogP contribution is 2.31. The van der Waals surface area contributed by atoms with Crippen molar-refractivity contribution in [1.29, 1.82) is 0 Å². The van der Waals surface area contributed by atoms with Crippen molar-refractivity contribution in [2.45, 2.75) is 46.1 Å². The van der Waals surface area contributed by atoms with E-state index >= 15 is 0 Å². The second-order valence-corrected chi connectivity index (χ2v) is 5.72. The van der Waals surface area contributed by atoms with Crippen LogP contribution in [0.4, 0.5) is 11.4 Å². The molecular weight excluding hydrogens is 208 g/mol. The first kappa shape index (κ1) is 12.3. The van der Waals surface area contributed by atoms with E-state index in [1.54, 1.807) is 0 Å². The minimum absolute atomic E-state index is 0.619. The summed E-state index contributed by atoms with van der Waals surface area (Å²) in [5.41, 5.74) is 9.11. The molecule has 0 aromatic heterocycles. The number of hydrogen-bond donors (Lipinski definition) is 2. The summed E-state index contributed by atoms with van der Waals surface area (Å²) in [6, 6.07) is 6.74. The van der Waals surface area contributed by atoms with Crippen LogP contribution in [0.15, 0.2) is 18.2 Å². The van der Waals surface area contributed by atoms with E-state index in [0.717, 1.165) is 17.5 Å². The van der Waals surface area contributed by atoms with E-state index in [4.69, 9.17) is 5.73 Å². The molecule has 0 amide bonds. The molecule has 2 nitrogen and oxygen atoms in total. The normalized spacial score (nSPS) is 29.0. The van der Waals surface area contributed by atoms with E-state index < -0.39 is 0 Å². The quantitative estimate of drug-likeness (QED) is 0.761. The zero-order valence-electron chi connectivity index (χ0n) is 11.2. The lowest BCUT2D eigenvalue weighted by atomic mass is 9.80. The van der Waals surface area contributed by atoms with Gasteiger partial charge in [-0.2, -0.15) is 0 Å². The van der Waals surface area contributed by atoms with Crippen molar-refractivity contribution in [3.63, 3.8) is 0 Å². The largest absolute Gasteiger partial charge is 0.399 e. The van der Waals surface area contributed by atoms with Gasteiger partial charge in [-0.05, 0) is 61.8 Å². The smallest absolute Gasteiger partial charge is 0.0373 e. The molecule has 3 N–H and O–H groups in total. The molecule has 0 saturated heterocycles. The molecule has 1 fully saturated rings. The summed E-state index contributed by atoms with van der Waals surface area (Å²) in [5.74, 6) is 1.64. The fourth-order valence-corrected chi connectivity index (χ4v) is 2.93. The van der Waals surface area contributed by atoms with Gasteiger partial charge in [0.2, 0.25) is 0 Å². The molecular formula is C15H24N2. The van der Waals surface area contributed by atoms with Crippen LogP contribution in [0.5, 0.6) is 0 Å². The van der Waals surface area contributed by atoms with Gasteiger partial charge in [0.1, 0.15) is 0 Å². The van der Waals surface area contributed by atoms with Crippen LogP contribution in [0.3, 0.4) is 0 Å². The zero-order valence-corrected chi connectivity index (χ0v) is 11.2. The Hall–Kier alpha value is -1.18. The van der Waals surface area contributed by atoms with E-state index in [1.165, 1.54) is 30.5 Å². The summed E-state index contributed by atoms with van der Waals surface area (Å²) in [6.45, 7) is 6.84. The highest BCUT2D eigenvalue weighted by atomic mass is 14.9. The Kier molecular flexibility index (Phi) is 3.60. The van der Waals surface area contributed by atoms with Crippen LogP contribution in [-0.4, -0.2) is 6.04 Å². The zero-order chi connectivity index (χ0) is 12.4. The molecule has 0 spiro atoms. The van der Waals surface area contributed by atoms with E-state index in [9.17, 15) is 0 Å². The number of nitrogens with one attached hydrogen (secondary N) is 1. The molecule has 2 heteroatoms. The molecule has 1 aromatic rings. The van der Waals surface area contributed by atoms with Crippen molar-refractivity contribution in [2.24, 2.45) is 11.8 Å². The molecule has 2 rings (SSSR count). The summed E-state index contributed by atoms with van der Waals surface area (Å²) < 4.78 is 0. The molecule has 0 radical (unpaired) electrons. The third kappa shape index (κ3) is 2.93. The fraction of sp³-hybridized carbons (Fsp3) is 0.600. The third-order valence-electron chi connectivity index (χ3n) is 4.02. The summed E-state index contributed by atoms with van der Waals surface area (Å²) in [6.07, 6.45) is 3.97. The van der Waals surface area contributed by atoms with E-state index in [-0.39, 0.29) is 0 Å². The number of benzene rings is 1. The minimum atomic E-state index is 0.619. The van der Waals surface area contributed by atoms with Gasteiger partial charge in [0.05, 0.1) is 0 Å². The van der Waals surface area contributed by atoms with Crippen molar-refractivity contribution in [2.75, 3.05) is 11.1 Å². The Morgan fingerprint density at radius 2 is 2.00 bits per heavy atom. The summed E-state index contributed by atoms with van der Waals surface area (Å²) in [7, 11) is 0. The van der Waals surface area contributed by atoms with Gasteiger partial charge in [-0.1, -0.05) is 13.8 Å². The van der Waals surface area contributed by atoms with Crippen LogP contribution < -0.4 is 11.1 Å². The predicted octanol–water partition coefficient (Wildman–Crippen LogP) is 3.81. The van der Waals surface area contributed by atoms with Gasteiger partial charge >= 0.3 is 0 Å². The SMILES string of the molecule is Cc1cc(N)ccc1NC1CCC(C)CC1C. The van der Waals surface area contributed by atoms with E-state index in [2.05, 4.69) is 32.2 Å². The summed E-state index contributed by atoms with van der Waals surface area (Å²) in [4.78, 5) is 0. The van der Waals surface area contributed by atoms with Crippen molar-refractivity contribution in [3.8, 4) is 0 Å². The van der Waals surface area contributed by atoms with Crippen molar-refractivity contribution >= 4 is 11.4 Å². The standard InChI is InChI=1S/C15H24N2/c1-10-4-6-14(11(2)8-10)17-15-7-5-13(16)9-12(15)3/h5,7,9-11,14,17H,4,6,8,16H2,1-3H3. The van der Waals surface area contributed by atoms with Gasteiger partial charge in [0.15, 0.2) is 0 Å². The van der Waals surface area contributed by atoms with Crippen molar-refractivity contribution in [1.82, 2.24) is 0 Å². The van der Waals surface area contributed by atoms with Crippen LogP contribution in [0.2, 0.25) is 0 Å². The molecule has 1 saturated carbocycles. The topological polar surface area (TPSA) is 38.0 Å². The van der Waals surface area contributed by atoms with Gasteiger partial charge in [-0.25, -0.2) is 0 Å². The maximum absolute atomic E-state index is 5.78. The van der Waals surface area contributed by atoms with Gasteiger partial charge in [0.25, 0.3) is 0 Å². The Labute approximate surface area is 105 Å². The fourth-order valence-electron chi connectivity index (χ4n) is 2.93. The summed E-state index contributed by atoms with van der Waals surface area (Å²) >= 11 is 0. The highest BCUT2D eigenvalue weighted by Gasteiger charge is 2.25. The van der Waals surface area contributed by atoms with Crippen molar-refractivity contribution < 1.29 is 0 Å². The lowest BCUT2D eigenvalue weighted by molar-refractivity contribution is 0.276. The second kappa shape index (κ2) is 4.99. The van der Waals surface area contributed by atoms with Crippen LogP contribution in [-0.2, 0) is 0 Å². The number of nitrogen functional groups attached to an aromatic ring is 1. The monoisotopic (exact) mass is 232 g/mol. The maximum atomic E-state index is 5.78. The Balaban J connectivity index is 2.05. The molecule has 0 bridgehead atoms. The number of rotatable bonds is 2. The van der Waals surface area contributed by atoms with Crippen LogP contribution in [0.25, 0.3) is 0 Å². The maximum Gasteiger partial charge on any atom is 0.0373 e. The van der Waals surface area contributed by atoms with Crippen LogP contribution in [0.1, 0.15) is 38.7 Å². The molecule has 1 aliphatic rings. The number of anilines is 2. The number of aryl methyl sites for hydroxylation is 1. The average Bonchev–Trinajstić information content (AvgIpc) is 2.25. The van der Waals surface area contributed by atoms with Gasteiger partial charge in [-0.3, -0.25) is 0 Å². The highest BCUT2D eigenvalue weighted by molar-refractivity contribution is 5.57. The van der Waals surface area contributed by atoms with Gasteiger partial charge < -0.3 is 11.1 Å². The van der Waals surface area contributed by atoms with Gasteiger partial charge in [-0.15, -0.1) is 0 Å². The Morgan fingerprint density at radius 3 is 2.65 bits per heavy atom. The first-order chi connectivity index (χ1) is 8.06. The molecule has 17 heavy (non-hydrogen) atoms. The molecule has 1 aromatic carbocycles. The predicted molar refractivity (Wildman–Crippen MR) is 75.2 cm³/mol. The molecule has 94 valence electrons. The molecule has 1 aliphatic carbocycles. The first-order valence-corrected chi connectivity index (χ1v) is 6.69. The summed E-state index contributed by atoms with van der Waals surface area (Å²) in [5, 5.41) is 3.69. The van der Waals surface area contributed by atoms with Gasteiger partial charge in [0, 0.05) is 17.4 Å². The Morgan fingerprint density at radius 1 is 1.24 bits per heavy atom. The molecule has 0 aliphatic heterocycles. The molecule has 0 heterocycles. The third-order valence-corrected chi connectivity index (χ3v) is 4.02.